The molecule has 1 nitrogen and oxygen atoms in total. The average Bonchev–Trinajstić information content (AvgIpc) is 2.21. The van der Waals surface area contributed by atoms with Crippen LogP contribution in [-0.4, -0.2) is 5.54 Å². The molecule has 2 rings (SSSR count). The van der Waals surface area contributed by atoms with Gasteiger partial charge in [0.25, 0.3) is 0 Å². The molecule has 3 unspecified atom stereocenters. The SMILES string of the molecule is CC1CC(C)CC(C2(N)CCCCC2(C)C)C1. The lowest BCUT2D eigenvalue weighted by molar-refractivity contribution is 0.00763. The molecular formula is C16H31N. The summed E-state index contributed by atoms with van der Waals surface area (Å²) >= 11 is 0. The molecule has 100 valence electrons. The first-order chi connectivity index (χ1) is 7.85. The van der Waals surface area contributed by atoms with Crippen molar-refractivity contribution in [1.82, 2.24) is 0 Å². The second-order valence-electron chi connectivity index (χ2n) is 7.75. The van der Waals surface area contributed by atoms with Crippen molar-refractivity contribution in [2.45, 2.75) is 78.2 Å². The van der Waals surface area contributed by atoms with Crippen LogP contribution in [0.4, 0.5) is 0 Å². The Labute approximate surface area is 108 Å². The molecule has 0 radical (unpaired) electrons. The Hall–Kier alpha value is -0.0400. The fourth-order valence-corrected chi connectivity index (χ4v) is 4.68. The van der Waals surface area contributed by atoms with Crippen molar-refractivity contribution >= 4 is 0 Å². The molecule has 0 aliphatic heterocycles. The van der Waals surface area contributed by atoms with Crippen LogP contribution in [0.5, 0.6) is 0 Å². The van der Waals surface area contributed by atoms with Gasteiger partial charge >= 0.3 is 0 Å². The fraction of sp³-hybridized carbons (Fsp3) is 1.00. The van der Waals surface area contributed by atoms with Crippen molar-refractivity contribution in [2.75, 3.05) is 0 Å². The maximum atomic E-state index is 6.94. The van der Waals surface area contributed by atoms with E-state index in [2.05, 4.69) is 27.7 Å². The topological polar surface area (TPSA) is 26.0 Å². The maximum absolute atomic E-state index is 6.94. The molecule has 2 aliphatic rings. The van der Waals surface area contributed by atoms with Crippen molar-refractivity contribution in [1.29, 1.82) is 0 Å². The first kappa shape index (κ1) is 13.4. The highest BCUT2D eigenvalue weighted by molar-refractivity contribution is 5.05. The molecular weight excluding hydrogens is 206 g/mol. The van der Waals surface area contributed by atoms with Gasteiger partial charge in [-0.25, -0.2) is 0 Å². The number of rotatable bonds is 1. The molecule has 2 aliphatic carbocycles. The van der Waals surface area contributed by atoms with Gasteiger partial charge in [-0.3, -0.25) is 0 Å². The van der Waals surface area contributed by atoms with Crippen LogP contribution >= 0.6 is 0 Å². The predicted molar refractivity (Wildman–Crippen MR) is 74.8 cm³/mol. The first-order valence-electron chi connectivity index (χ1n) is 7.64. The van der Waals surface area contributed by atoms with Crippen LogP contribution in [0.25, 0.3) is 0 Å². The Bertz CT molecular complexity index is 261. The molecule has 2 N–H and O–H groups in total. The lowest BCUT2D eigenvalue weighted by Crippen LogP contribution is -2.60. The Kier molecular flexibility index (Phi) is 3.60. The number of hydrogen-bond acceptors (Lipinski definition) is 1. The van der Waals surface area contributed by atoms with Gasteiger partial charge in [0, 0.05) is 5.54 Å². The second kappa shape index (κ2) is 4.57. The number of hydrogen-bond donors (Lipinski definition) is 1. The minimum atomic E-state index is 0.105. The Morgan fingerprint density at radius 1 is 0.882 bits per heavy atom. The summed E-state index contributed by atoms with van der Waals surface area (Å²) in [7, 11) is 0. The van der Waals surface area contributed by atoms with Crippen molar-refractivity contribution in [2.24, 2.45) is 28.9 Å². The van der Waals surface area contributed by atoms with Crippen LogP contribution in [-0.2, 0) is 0 Å². The van der Waals surface area contributed by atoms with Gasteiger partial charge in [-0.05, 0) is 55.3 Å². The molecule has 0 aromatic carbocycles. The molecule has 0 aromatic rings. The van der Waals surface area contributed by atoms with E-state index in [0.29, 0.717) is 5.41 Å². The fourth-order valence-electron chi connectivity index (χ4n) is 4.68. The lowest BCUT2D eigenvalue weighted by atomic mass is 9.54. The molecule has 2 fully saturated rings. The second-order valence-corrected chi connectivity index (χ2v) is 7.75. The molecule has 2 saturated carbocycles. The smallest absolute Gasteiger partial charge is 0.0234 e. The van der Waals surface area contributed by atoms with E-state index in [1.807, 2.05) is 0 Å². The lowest BCUT2D eigenvalue weighted by Gasteiger charge is -2.54. The van der Waals surface area contributed by atoms with Crippen LogP contribution < -0.4 is 5.73 Å². The Balaban J connectivity index is 2.18. The Morgan fingerprint density at radius 3 is 1.94 bits per heavy atom. The van der Waals surface area contributed by atoms with E-state index in [0.717, 1.165) is 17.8 Å². The van der Waals surface area contributed by atoms with E-state index in [1.54, 1.807) is 0 Å². The van der Waals surface area contributed by atoms with Gasteiger partial charge in [-0.15, -0.1) is 0 Å². The standard InChI is InChI=1S/C16H31N/c1-12-9-13(2)11-14(10-12)16(17)8-6-5-7-15(16,3)4/h12-14H,5-11,17H2,1-4H3. The molecule has 0 amide bonds. The monoisotopic (exact) mass is 237 g/mol. The molecule has 17 heavy (non-hydrogen) atoms. The third kappa shape index (κ3) is 2.41. The normalized spacial score (nSPS) is 46.8. The largest absolute Gasteiger partial charge is 0.324 e. The number of nitrogens with two attached hydrogens (primary N) is 1. The van der Waals surface area contributed by atoms with Crippen molar-refractivity contribution < 1.29 is 0 Å². The zero-order valence-electron chi connectivity index (χ0n) is 12.3. The minimum absolute atomic E-state index is 0.105. The zero-order valence-corrected chi connectivity index (χ0v) is 12.3. The van der Waals surface area contributed by atoms with Crippen molar-refractivity contribution in [3.8, 4) is 0 Å². The minimum Gasteiger partial charge on any atom is -0.324 e. The van der Waals surface area contributed by atoms with Crippen LogP contribution in [0.3, 0.4) is 0 Å². The molecule has 0 bridgehead atoms. The molecule has 0 aromatic heterocycles. The predicted octanol–water partition coefficient (Wildman–Crippen LogP) is 4.36. The highest BCUT2D eigenvalue weighted by atomic mass is 14.8. The van der Waals surface area contributed by atoms with Gasteiger partial charge in [-0.2, -0.15) is 0 Å². The molecule has 0 heterocycles. The summed E-state index contributed by atoms with van der Waals surface area (Å²) in [4.78, 5) is 0. The zero-order chi connectivity index (χ0) is 12.7. The Morgan fingerprint density at radius 2 is 1.41 bits per heavy atom. The van der Waals surface area contributed by atoms with E-state index in [9.17, 15) is 0 Å². The van der Waals surface area contributed by atoms with Crippen molar-refractivity contribution in [3.05, 3.63) is 0 Å². The highest BCUT2D eigenvalue weighted by Crippen LogP contribution is 2.51. The van der Waals surface area contributed by atoms with Crippen LogP contribution in [0.15, 0.2) is 0 Å². The summed E-state index contributed by atoms with van der Waals surface area (Å²) in [5.74, 6) is 2.51. The van der Waals surface area contributed by atoms with Crippen LogP contribution in [0.1, 0.15) is 72.6 Å². The summed E-state index contributed by atoms with van der Waals surface area (Å²) in [6.07, 6.45) is 9.44. The molecule has 0 spiro atoms. The summed E-state index contributed by atoms with van der Waals surface area (Å²) in [6.45, 7) is 9.66. The van der Waals surface area contributed by atoms with Gasteiger partial charge in [0.05, 0.1) is 0 Å². The summed E-state index contributed by atoms with van der Waals surface area (Å²) in [6, 6.07) is 0. The van der Waals surface area contributed by atoms with E-state index in [-0.39, 0.29) is 5.54 Å². The average molecular weight is 237 g/mol. The van der Waals surface area contributed by atoms with Crippen LogP contribution in [0, 0.1) is 23.2 Å². The summed E-state index contributed by atoms with van der Waals surface area (Å²) < 4.78 is 0. The summed E-state index contributed by atoms with van der Waals surface area (Å²) in [5.41, 5.74) is 7.38. The van der Waals surface area contributed by atoms with E-state index in [4.69, 9.17) is 5.73 Å². The molecule has 3 atom stereocenters. The maximum Gasteiger partial charge on any atom is 0.0234 e. The third-order valence-corrected chi connectivity index (χ3v) is 5.81. The third-order valence-electron chi connectivity index (χ3n) is 5.81. The quantitative estimate of drug-likeness (QED) is 0.720. The highest BCUT2D eigenvalue weighted by Gasteiger charge is 2.49. The van der Waals surface area contributed by atoms with Gasteiger partial charge in [0.1, 0.15) is 0 Å². The molecule has 0 saturated heterocycles. The van der Waals surface area contributed by atoms with Gasteiger partial charge < -0.3 is 5.73 Å². The van der Waals surface area contributed by atoms with Gasteiger partial charge in [-0.1, -0.05) is 40.5 Å². The van der Waals surface area contributed by atoms with E-state index >= 15 is 0 Å². The van der Waals surface area contributed by atoms with Gasteiger partial charge in [0.15, 0.2) is 0 Å². The van der Waals surface area contributed by atoms with Crippen LogP contribution in [0.2, 0.25) is 0 Å². The first-order valence-corrected chi connectivity index (χ1v) is 7.64. The molecule has 1 heteroatoms. The van der Waals surface area contributed by atoms with E-state index < -0.39 is 0 Å². The summed E-state index contributed by atoms with van der Waals surface area (Å²) in [5, 5.41) is 0. The van der Waals surface area contributed by atoms with E-state index in [1.165, 1.54) is 44.9 Å². The van der Waals surface area contributed by atoms with Crippen molar-refractivity contribution in [3.63, 3.8) is 0 Å². The van der Waals surface area contributed by atoms with Gasteiger partial charge in [0.2, 0.25) is 0 Å².